The Balaban J connectivity index is 2.40. The van der Waals surface area contributed by atoms with Crippen LogP contribution in [-0.4, -0.2) is 41.2 Å². The van der Waals surface area contributed by atoms with Gasteiger partial charge in [-0.15, -0.1) is 0 Å². The van der Waals surface area contributed by atoms with Crippen LogP contribution in [0.25, 0.3) is 0 Å². The van der Waals surface area contributed by atoms with E-state index in [0.29, 0.717) is 19.5 Å². The minimum absolute atomic E-state index is 0.0766. The van der Waals surface area contributed by atoms with Gasteiger partial charge in [0.25, 0.3) is 5.92 Å². The Kier molecular flexibility index (Phi) is 2.92. The summed E-state index contributed by atoms with van der Waals surface area (Å²) >= 11 is 0. The van der Waals surface area contributed by atoms with E-state index in [-0.39, 0.29) is 13.0 Å². The maximum Gasteiger partial charge on any atom is 0.261 e. The van der Waals surface area contributed by atoms with Gasteiger partial charge >= 0.3 is 0 Å². The van der Waals surface area contributed by atoms with E-state index in [1.807, 2.05) is 6.92 Å². The molecular formula is C9H17F2NO. The average Bonchev–Trinajstić information content (AvgIpc) is 2.29. The first-order valence-corrected chi connectivity index (χ1v) is 4.67. The summed E-state index contributed by atoms with van der Waals surface area (Å²) in [6, 6.07) is 0. The Labute approximate surface area is 77.5 Å². The van der Waals surface area contributed by atoms with Gasteiger partial charge in [0.05, 0.1) is 12.1 Å². The second kappa shape index (κ2) is 3.50. The lowest BCUT2D eigenvalue weighted by atomic mass is 10.0. The third-order valence-electron chi connectivity index (χ3n) is 2.57. The molecule has 0 bridgehead atoms. The Bertz CT molecular complexity index is 182. The zero-order chi connectivity index (χ0) is 10.1. The van der Waals surface area contributed by atoms with E-state index < -0.39 is 11.5 Å². The number of nitrogens with zero attached hydrogens (tertiary/aromatic N) is 1. The van der Waals surface area contributed by atoms with Crippen LogP contribution in [0.5, 0.6) is 0 Å². The summed E-state index contributed by atoms with van der Waals surface area (Å²) in [5, 5.41) is 9.67. The van der Waals surface area contributed by atoms with E-state index in [1.54, 1.807) is 11.8 Å². The first kappa shape index (κ1) is 10.9. The van der Waals surface area contributed by atoms with Gasteiger partial charge in [-0.05, 0) is 13.3 Å². The van der Waals surface area contributed by atoms with Gasteiger partial charge in [0.1, 0.15) is 0 Å². The lowest BCUT2D eigenvalue weighted by molar-refractivity contribution is -0.00974. The quantitative estimate of drug-likeness (QED) is 0.734. The van der Waals surface area contributed by atoms with Gasteiger partial charge in [-0.1, -0.05) is 6.92 Å². The van der Waals surface area contributed by atoms with Crippen molar-refractivity contribution in [2.75, 3.05) is 19.6 Å². The molecule has 0 aromatic rings. The van der Waals surface area contributed by atoms with Crippen molar-refractivity contribution in [1.82, 2.24) is 4.90 Å². The third kappa shape index (κ3) is 3.19. The van der Waals surface area contributed by atoms with Gasteiger partial charge in [-0.3, -0.25) is 4.90 Å². The maximum absolute atomic E-state index is 12.8. The van der Waals surface area contributed by atoms with Crippen molar-refractivity contribution in [3.63, 3.8) is 0 Å². The largest absolute Gasteiger partial charge is 0.389 e. The SMILES string of the molecule is CCC(C)(O)CN1CCC(F)(F)C1. The second-order valence-electron chi connectivity index (χ2n) is 4.17. The van der Waals surface area contributed by atoms with Crippen LogP contribution in [0, 0.1) is 0 Å². The lowest BCUT2D eigenvalue weighted by Gasteiger charge is -2.27. The molecule has 2 nitrogen and oxygen atoms in total. The van der Waals surface area contributed by atoms with Gasteiger partial charge in [-0.2, -0.15) is 0 Å². The van der Waals surface area contributed by atoms with E-state index in [4.69, 9.17) is 0 Å². The van der Waals surface area contributed by atoms with Crippen molar-refractivity contribution in [3.8, 4) is 0 Å². The molecular weight excluding hydrogens is 176 g/mol. The summed E-state index contributed by atoms with van der Waals surface area (Å²) < 4.78 is 25.5. The molecule has 0 saturated carbocycles. The summed E-state index contributed by atoms with van der Waals surface area (Å²) in [5.41, 5.74) is -0.833. The van der Waals surface area contributed by atoms with E-state index in [0.717, 1.165) is 0 Å². The molecule has 13 heavy (non-hydrogen) atoms. The van der Waals surface area contributed by atoms with Crippen molar-refractivity contribution in [2.45, 2.75) is 38.2 Å². The molecule has 1 fully saturated rings. The third-order valence-corrected chi connectivity index (χ3v) is 2.57. The number of alkyl halides is 2. The zero-order valence-corrected chi connectivity index (χ0v) is 8.19. The molecule has 1 unspecified atom stereocenters. The molecule has 78 valence electrons. The highest BCUT2D eigenvalue weighted by Crippen LogP contribution is 2.28. The van der Waals surface area contributed by atoms with Crippen LogP contribution in [0.15, 0.2) is 0 Å². The van der Waals surface area contributed by atoms with Crippen molar-refractivity contribution < 1.29 is 13.9 Å². The molecule has 0 aliphatic carbocycles. The van der Waals surface area contributed by atoms with Gasteiger partial charge in [0.15, 0.2) is 0 Å². The highest BCUT2D eigenvalue weighted by Gasteiger charge is 2.39. The van der Waals surface area contributed by atoms with Gasteiger partial charge < -0.3 is 5.11 Å². The number of hydrogen-bond acceptors (Lipinski definition) is 2. The Morgan fingerprint density at radius 2 is 2.15 bits per heavy atom. The Hall–Kier alpha value is -0.220. The number of halogens is 2. The first-order valence-electron chi connectivity index (χ1n) is 4.67. The predicted molar refractivity (Wildman–Crippen MR) is 46.9 cm³/mol. The summed E-state index contributed by atoms with van der Waals surface area (Å²) in [4.78, 5) is 1.63. The summed E-state index contributed by atoms with van der Waals surface area (Å²) in [6.07, 6.45) is 0.516. The van der Waals surface area contributed by atoms with E-state index in [9.17, 15) is 13.9 Å². The fourth-order valence-corrected chi connectivity index (χ4v) is 1.54. The van der Waals surface area contributed by atoms with E-state index in [1.165, 1.54) is 0 Å². The van der Waals surface area contributed by atoms with Crippen molar-refractivity contribution >= 4 is 0 Å². The van der Waals surface area contributed by atoms with Crippen LogP contribution in [0.3, 0.4) is 0 Å². The highest BCUT2D eigenvalue weighted by atomic mass is 19.3. The highest BCUT2D eigenvalue weighted by molar-refractivity contribution is 4.86. The van der Waals surface area contributed by atoms with Crippen molar-refractivity contribution in [2.24, 2.45) is 0 Å². The summed E-state index contributed by atoms with van der Waals surface area (Å²) in [7, 11) is 0. The van der Waals surface area contributed by atoms with Gasteiger partial charge in [-0.25, -0.2) is 8.78 Å². The van der Waals surface area contributed by atoms with Crippen LogP contribution in [0.2, 0.25) is 0 Å². The van der Waals surface area contributed by atoms with E-state index in [2.05, 4.69) is 0 Å². The summed E-state index contributed by atoms with van der Waals surface area (Å²) in [6.45, 7) is 4.07. The molecule has 0 radical (unpaired) electrons. The van der Waals surface area contributed by atoms with Crippen LogP contribution >= 0.6 is 0 Å². The maximum atomic E-state index is 12.8. The first-order chi connectivity index (χ1) is 5.85. The fourth-order valence-electron chi connectivity index (χ4n) is 1.54. The Morgan fingerprint density at radius 1 is 1.54 bits per heavy atom. The average molecular weight is 193 g/mol. The molecule has 0 aromatic heterocycles. The predicted octanol–water partition coefficient (Wildman–Crippen LogP) is 1.49. The minimum Gasteiger partial charge on any atom is -0.389 e. The van der Waals surface area contributed by atoms with Crippen molar-refractivity contribution in [3.05, 3.63) is 0 Å². The van der Waals surface area contributed by atoms with Crippen molar-refractivity contribution in [1.29, 1.82) is 0 Å². The standard InChI is InChI=1S/C9H17F2NO/c1-3-8(2,13)6-12-5-4-9(10,11)7-12/h13H,3-7H2,1-2H3. The molecule has 1 rings (SSSR count). The normalized spacial score (nSPS) is 27.5. The number of β-amino-alcohol motifs (C(OH)–C–C–N with tert-alkyl or cyclic N) is 1. The zero-order valence-electron chi connectivity index (χ0n) is 8.19. The molecule has 1 heterocycles. The van der Waals surface area contributed by atoms with Crippen LogP contribution in [-0.2, 0) is 0 Å². The number of rotatable bonds is 3. The Morgan fingerprint density at radius 3 is 2.54 bits per heavy atom. The van der Waals surface area contributed by atoms with Crippen LogP contribution < -0.4 is 0 Å². The summed E-state index contributed by atoms with van der Waals surface area (Å²) in [5.74, 6) is -2.55. The minimum atomic E-state index is -2.55. The molecule has 4 heteroatoms. The molecule has 1 atom stereocenters. The monoisotopic (exact) mass is 193 g/mol. The smallest absolute Gasteiger partial charge is 0.261 e. The molecule has 1 N–H and O–H groups in total. The van der Waals surface area contributed by atoms with Gasteiger partial charge in [0.2, 0.25) is 0 Å². The molecule has 1 aliphatic rings. The number of hydrogen-bond donors (Lipinski definition) is 1. The number of likely N-dealkylation sites (tertiary alicyclic amines) is 1. The molecule has 0 spiro atoms. The second-order valence-corrected chi connectivity index (χ2v) is 4.17. The van der Waals surface area contributed by atoms with Gasteiger partial charge in [0, 0.05) is 19.5 Å². The molecule has 0 amide bonds. The number of aliphatic hydroxyl groups is 1. The molecule has 1 aliphatic heterocycles. The topological polar surface area (TPSA) is 23.5 Å². The van der Waals surface area contributed by atoms with E-state index >= 15 is 0 Å². The van der Waals surface area contributed by atoms with Crippen LogP contribution in [0.4, 0.5) is 8.78 Å². The fraction of sp³-hybridized carbons (Fsp3) is 1.00. The molecule has 0 aromatic carbocycles. The molecule has 1 saturated heterocycles. The van der Waals surface area contributed by atoms with Crippen LogP contribution in [0.1, 0.15) is 26.7 Å². The lowest BCUT2D eigenvalue weighted by Crippen LogP contribution is -2.40.